The van der Waals surface area contributed by atoms with Crippen molar-refractivity contribution in [3.63, 3.8) is 0 Å². The largest absolute Gasteiger partial charge is 0.481 e. The highest BCUT2D eigenvalue weighted by atomic mass is 16.5. The Balaban J connectivity index is 1.55. The summed E-state index contributed by atoms with van der Waals surface area (Å²) in [7, 11) is 1.52. The fourth-order valence-electron chi connectivity index (χ4n) is 3.92. The Bertz CT molecular complexity index is 842. The summed E-state index contributed by atoms with van der Waals surface area (Å²) in [6.45, 7) is 1.49. The van der Waals surface area contributed by atoms with E-state index in [1.807, 2.05) is 23.1 Å². The van der Waals surface area contributed by atoms with Crippen molar-refractivity contribution in [2.24, 2.45) is 5.92 Å². The highest BCUT2D eigenvalue weighted by Crippen LogP contribution is 2.31. The van der Waals surface area contributed by atoms with Crippen LogP contribution in [0.3, 0.4) is 0 Å². The van der Waals surface area contributed by atoms with Crippen LogP contribution in [-0.4, -0.2) is 57.8 Å². The van der Waals surface area contributed by atoms with Crippen LogP contribution in [0.25, 0.3) is 0 Å². The molecular weight excluding hydrogens is 344 g/mol. The Kier molecular flexibility index (Phi) is 4.75. The zero-order valence-corrected chi connectivity index (χ0v) is 15.2. The highest BCUT2D eigenvalue weighted by Gasteiger charge is 2.42. The molecule has 7 heteroatoms. The summed E-state index contributed by atoms with van der Waals surface area (Å²) < 4.78 is 5.12. The topological polar surface area (TPSA) is 75.6 Å². The molecule has 0 saturated carbocycles. The number of hydrogen-bond acceptors (Lipinski definition) is 5. The first-order valence-corrected chi connectivity index (χ1v) is 9.15. The Labute approximate surface area is 158 Å². The van der Waals surface area contributed by atoms with E-state index in [1.165, 1.54) is 7.11 Å². The SMILES string of the molecule is COc1cc(C(=O)N2C[C@H]3CC[C@@H](C2)N(Cc2ccccn2)C3=O)ccn1. The molecular formula is C20H22N4O3. The molecule has 0 radical (unpaired) electrons. The first-order valence-electron chi connectivity index (χ1n) is 9.15. The van der Waals surface area contributed by atoms with Gasteiger partial charge in [0, 0.05) is 43.2 Å². The van der Waals surface area contributed by atoms with Crippen molar-refractivity contribution in [3.05, 3.63) is 54.0 Å². The van der Waals surface area contributed by atoms with E-state index in [4.69, 9.17) is 4.74 Å². The Morgan fingerprint density at radius 3 is 2.85 bits per heavy atom. The lowest BCUT2D eigenvalue weighted by atomic mass is 9.94. The van der Waals surface area contributed by atoms with Crippen LogP contribution in [-0.2, 0) is 11.3 Å². The highest BCUT2D eigenvalue weighted by molar-refractivity contribution is 5.95. The van der Waals surface area contributed by atoms with Gasteiger partial charge in [-0.25, -0.2) is 4.98 Å². The molecule has 0 aromatic carbocycles. The molecule has 0 aliphatic carbocycles. The average molecular weight is 366 g/mol. The smallest absolute Gasteiger partial charge is 0.254 e. The molecule has 0 spiro atoms. The number of carbonyl (C=O) groups excluding carboxylic acids is 2. The summed E-state index contributed by atoms with van der Waals surface area (Å²) >= 11 is 0. The summed E-state index contributed by atoms with van der Waals surface area (Å²) in [6, 6.07) is 9.07. The molecule has 2 aromatic rings. The molecule has 3 aliphatic rings. The number of nitrogens with zero attached hydrogens (tertiary/aromatic N) is 4. The van der Waals surface area contributed by atoms with Gasteiger partial charge >= 0.3 is 0 Å². The van der Waals surface area contributed by atoms with E-state index in [0.717, 1.165) is 18.5 Å². The lowest BCUT2D eigenvalue weighted by Crippen LogP contribution is -2.47. The van der Waals surface area contributed by atoms with Crippen molar-refractivity contribution in [1.29, 1.82) is 0 Å². The second-order valence-electron chi connectivity index (χ2n) is 7.01. The molecule has 0 unspecified atom stereocenters. The van der Waals surface area contributed by atoms with Gasteiger partial charge in [-0.3, -0.25) is 14.6 Å². The Morgan fingerprint density at radius 1 is 1.19 bits per heavy atom. The molecule has 3 saturated heterocycles. The quantitative estimate of drug-likeness (QED) is 0.824. The number of carbonyl (C=O) groups is 2. The molecule has 2 atom stereocenters. The maximum absolute atomic E-state index is 13.0. The number of hydrogen-bond donors (Lipinski definition) is 0. The van der Waals surface area contributed by atoms with Crippen molar-refractivity contribution in [2.75, 3.05) is 20.2 Å². The molecule has 0 N–H and O–H groups in total. The van der Waals surface area contributed by atoms with E-state index >= 15 is 0 Å². The van der Waals surface area contributed by atoms with E-state index < -0.39 is 0 Å². The maximum Gasteiger partial charge on any atom is 0.254 e. The van der Waals surface area contributed by atoms with Crippen LogP contribution in [0.2, 0.25) is 0 Å². The van der Waals surface area contributed by atoms with Crippen LogP contribution in [0, 0.1) is 5.92 Å². The predicted octanol–water partition coefficient (Wildman–Crippen LogP) is 1.75. The van der Waals surface area contributed by atoms with Crippen molar-refractivity contribution >= 4 is 11.8 Å². The molecule has 27 heavy (non-hydrogen) atoms. The van der Waals surface area contributed by atoms with Crippen LogP contribution in [0.15, 0.2) is 42.7 Å². The molecule has 7 nitrogen and oxygen atoms in total. The number of aromatic nitrogens is 2. The van der Waals surface area contributed by atoms with Crippen molar-refractivity contribution < 1.29 is 14.3 Å². The summed E-state index contributed by atoms with van der Waals surface area (Å²) in [5.74, 6) is 0.297. The van der Waals surface area contributed by atoms with Gasteiger partial charge in [0.05, 0.1) is 25.3 Å². The number of amides is 2. The second kappa shape index (κ2) is 7.34. The third-order valence-corrected chi connectivity index (χ3v) is 5.33. The van der Waals surface area contributed by atoms with E-state index in [9.17, 15) is 9.59 Å². The first-order chi connectivity index (χ1) is 13.2. The fraction of sp³-hybridized carbons (Fsp3) is 0.400. The molecule has 2 bridgehead atoms. The predicted molar refractivity (Wildman–Crippen MR) is 98.0 cm³/mol. The number of piperidine rings is 1. The Hall–Kier alpha value is -2.96. The minimum absolute atomic E-state index is 0.0194. The van der Waals surface area contributed by atoms with Gasteiger partial charge in [-0.2, -0.15) is 0 Å². The third kappa shape index (κ3) is 3.49. The summed E-state index contributed by atoms with van der Waals surface area (Å²) in [4.78, 5) is 38.1. The molecule has 2 aromatic heterocycles. The third-order valence-electron chi connectivity index (χ3n) is 5.33. The average Bonchev–Trinajstić information content (AvgIpc) is 3.01. The van der Waals surface area contributed by atoms with Gasteiger partial charge in [0.25, 0.3) is 5.91 Å². The van der Waals surface area contributed by atoms with Gasteiger partial charge in [-0.1, -0.05) is 6.07 Å². The van der Waals surface area contributed by atoms with Crippen LogP contribution >= 0.6 is 0 Å². The molecule has 3 aliphatic heterocycles. The first kappa shape index (κ1) is 17.5. The molecule has 5 rings (SSSR count). The number of pyridine rings is 2. The number of fused-ring (bicyclic) bond motifs is 4. The molecule has 2 amide bonds. The Morgan fingerprint density at radius 2 is 2.07 bits per heavy atom. The van der Waals surface area contributed by atoms with Gasteiger partial charge in [0.2, 0.25) is 11.8 Å². The lowest BCUT2D eigenvalue weighted by molar-refractivity contribution is -0.140. The molecule has 140 valence electrons. The van der Waals surface area contributed by atoms with Gasteiger partial charge in [-0.05, 0) is 31.0 Å². The van der Waals surface area contributed by atoms with Gasteiger partial charge in [0.15, 0.2) is 0 Å². The van der Waals surface area contributed by atoms with Crippen molar-refractivity contribution in [2.45, 2.75) is 25.4 Å². The normalized spacial score (nSPS) is 21.9. The minimum Gasteiger partial charge on any atom is -0.481 e. The minimum atomic E-state index is -0.153. The van der Waals surface area contributed by atoms with Crippen LogP contribution in [0.5, 0.6) is 5.88 Å². The standard InChI is InChI=1S/C20H22N4O3/c1-27-18-10-14(7-9-22-18)19(25)23-11-15-5-6-17(13-23)24(20(15)26)12-16-4-2-3-8-21-16/h2-4,7-10,15,17H,5-6,11-13H2,1H3/t15-,17+/m1/s1. The number of ether oxygens (including phenoxy) is 1. The lowest BCUT2D eigenvalue weighted by Gasteiger charge is -2.35. The zero-order valence-electron chi connectivity index (χ0n) is 15.2. The zero-order chi connectivity index (χ0) is 18.8. The second-order valence-corrected chi connectivity index (χ2v) is 7.01. The number of rotatable bonds is 4. The van der Waals surface area contributed by atoms with Crippen molar-refractivity contribution in [1.82, 2.24) is 19.8 Å². The van der Waals surface area contributed by atoms with E-state index in [-0.39, 0.29) is 23.8 Å². The number of methoxy groups -OCH3 is 1. The van der Waals surface area contributed by atoms with Crippen LogP contribution in [0.1, 0.15) is 28.9 Å². The van der Waals surface area contributed by atoms with E-state index in [1.54, 1.807) is 29.4 Å². The fourth-order valence-corrected chi connectivity index (χ4v) is 3.92. The molecule has 3 fully saturated rings. The summed E-state index contributed by atoms with van der Waals surface area (Å²) in [5.41, 5.74) is 1.40. The maximum atomic E-state index is 13.0. The van der Waals surface area contributed by atoms with Crippen LogP contribution < -0.4 is 4.74 Å². The van der Waals surface area contributed by atoms with Gasteiger partial charge in [-0.15, -0.1) is 0 Å². The van der Waals surface area contributed by atoms with Gasteiger partial charge in [0.1, 0.15) is 0 Å². The van der Waals surface area contributed by atoms with Gasteiger partial charge < -0.3 is 14.5 Å². The van der Waals surface area contributed by atoms with Crippen LogP contribution in [0.4, 0.5) is 0 Å². The van der Waals surface area contributed by atoms with E-state index in [0.29, 0.717) is 31.1 Å². The van der Waals surface area contributed by atoms with E-state index in [2.05, 4.69) is 9.97 Å². The monoisotopic (exact) mass is 366 g/mol. The summed E-state index contributed by atoms with van der Waals surface area (Å²) in [6.07, 6.45) is 5.04. The van der Waals surface area contributed by atoms with Crippen molar-refractivity contribution in [3.8, 4) is 5.88 Å². The summed E-state index contributed by atoms with van der Waals surface area (Å²) in [5, 5.41) is 0. The molecule has 5 heterocycles.